The van der Waals surface area contributed by atoms with Gasteiger partial charge in [0, 0.05) is 27.6 Å². The van der Waals surface area contributed by atoms with Crippen molar-refractivity contribution in [3.05, 3.63) is 29.8 Å². The number of rotatable bonds is 6. The van der Waals surface area contributed by atoms with E-state index in [-0.39, 0.29) is 11.5 Å². The second-order valence-corrected chi connectivity index (χ2v) is 6.40. The maximum Gasteiger partial charge on any atom is 0.242 e. The van der Waals surface area contributed by atoms with Gasteiger partial charge in [0.2, 0.25) is 10.0 Å². The Hall–Kier alpha value is -0.950. The molecule has 0 aliphatic heterocycles. The minimum absolute atomic E-state index is 0.248. The van der Waals surface area contributed by atoms with Crippen molar-refractivity contribution in [3.8, 4) is 0 Å². The molecule has 1 aromatic carbocycles. The summed E-state index contributed by atoms with van der Waals surface area (Å²) < 4.78 is 29.7. The summed E-state index contributed by atoms with van der Waals surface area (Å²) >= 11 is 0. The van der Waals surface area contributed by atoms with Crippen molar-refractivity contribution in [1.29, 1.82) is 0 Å². The van der Waals surface area contributed by atoms with Crippen molar-refractivity contribution < 1.29 is 18.3 Å². The van der Waals surface area contributed by atoms with Gasteiger partial charge in [-0.25, -0.2) is 12.7 Å². The van der Waals surface area contributed by atoms with Crippen LogP contribution >= 0.6 is 0 Å². The van der Waals surface area contributed by atoms with Gasteiger partial charge < -0.3 is 9.84 Å². The summed E-state index contributed by atoms with van der Waals surface area (Å²) in [5, 5.41) is 9.57. The van der Waals surface area contributed by atoms with Gasteiger partial charge in [0.15, 0.2) is 0 Å². The first kappa shape index (κ1) is 15.1. The van der Waals surface area contributed by atoms with Crippen molar-refractivity contribution >= 4 is 10.0 Å². The minimum Gasteiger partial charge on any atom is -0.390 e. The Morgan fingerprint density at radius 2 is 1.83 bits per heavy atom. The molecule has 1 atom stereocenters. The molecule has 0 aromatic heterocycles. The Kier molecular flexibility index (Phi) is 5.28. The van der Waals surface area contributed by atoms with Crippen molar-refractivity contribution in [2.24, 2.45) is 0 Å². The third kappa shape index (κ3) is 3.78. The van der Waals surface area contributed by atoms with Gasteiger partial charge in [0.1, 0.15) is 0 Å². The number of methoxy groups -OCH3 is 1. The maximum atomic E-state index is 11.8. The van der Waals surface area contributed by atoms with Gasteiger partial charge >= 0.3 is 0 Å². The smallest absolute Gasteiger partial charge is 0.242 e. The van der Waals surface area contributed by atoms with E-state index in [9.17, 15) is 13.5 Å². The van der Waals surface area contributed by atoms with Gasteiger partial charge in [0.25, 0.3) is 0 Å². The molecule has 0 amide bonds. The molecule has 0 aliphatic carbocycles. The second-order valence-electron chi connectivity index (χ2n) is 4.24. The quantitative estimate of drug-likeness (QED) is 0.819. The lowest BCUT2D eigenvalue weighted by Crippen LogP contribution is -2.22. The van der Waals surface area contributed by atoms with E-state index in [0.29, 0.717) is 6.42 Å². The number of hydrogen-bond acceptors (Lipinski definition) is 4. The molecule has 0 spiro atoms. The zero-order chi connectivity index (χ0) is 13.8. The van der Waals surface area contributed by atoms with E-state index in [2.05, 4.69) is 0 Å². The summed E-state index contributed by atoms with van der Waals surface area (Å²) in [7, 11) is 1.12. The fourth-order valence-corrected chi connectivity index (χ4v) is 2.43. The number of nitrogens with zero attached hydrogens (tertiary/aromatic N) is 1. The summed E-state index contributed by atoms with van der Waals surface area (Å²) in [4.78, 5) is 0.248. The molecule has 0 saturated carbocycles. The highest BCUT2D eigenvalue weighted by atomic mass is 32.2. The molecule has 0 aliphatic rings. The summed E-state index contributed by atoms with van der Waals surface area (Å²) in [6, 6.07) is 6.50. The lowest BCUT2D eigenvalue weighted by Gasteiger charge is -2.12. The third-order valence-electron chi connectivity index (χ3n) is 2.53. The van der Waals surface area contributed by atoms with Crippen LogP contribution in [-0.2, 0) is 21.2 Å². The van der Waals surface area contributed by atoms with Gasteiger partial charge in [-0.3, -0.25) is 0 Å². The van der Waals surface area contributed by atoms with Crippen LogP contribution in [0.15, 0.2) is 29.2 Å². The number of aliphatic hydroxyl groups is 1. The van der Waals surface area contributed by atoms with Gasteiger partial charge in [0.05, 0.1) is 17.6 Å². The van der Waals surface area contributed by atoms with E-state index in [4.69, 9.17) is 4.74 Å². The molecule has 18 heavy (non-hydrogen) atoms. The lowest BCUT2D eigenvalue weighted by atomic mass is 10.1. The molecule has 6 heteroatoms. The largest absolute Gasteiger partial charge is 0.390 e. The number of hydrogen-bond donors (Lipinski definition) is 1. The predicted molar refractivity (Wildman–Crippen MR) is 68.9 cm³/mol. The molecule has 1 rings (SSSR count). The van der Waals surface area contributed by atoms with E-state index in [1.807, 2.05) is 0 Å². The van der Waals surface area contributed by atoms with E-state index < -0.39 is 16.1 Å². The first-order valence-corrected chi connectivity index (χ1v) is 7.00. The molecule has 102 valence electrons. The summed E-state index contributed by atoms with van der Waals surface area (Å²) in [5.41, 5.74) is 0.872. The molecule has 1 aromatic rings. The first-order valence-electron chi connectivity index (χ1n) is 5.56. The number of benzene rings is 1. The van der Waals surface area contributed by atoms with Crippen molar-refractivity contribution in [3.63, 3.8) is 0 Å². The third-order valence-corrected chi connectivity index (χ3v) is 4.36. The number of ether oxygens (including phenoxy) is 1. The van der Waals surface area contributed by atoms with Crippen molar-refractivity contribution in [2.75, 3.05) is 27.8 Å². The zero-order valence-corrected chi connectivity index (χ0v) is 11.6. The molecule has 0 fully saturated rings. The van der Waals surface area contributed by atoms with Crippen LogP contribution in [0, 0.1) is 0 Å². The highest BCUT2D eigenvalue weighted by Crippen LogP contribution is 2.14. The van der Waals surface area contributed by atoms with Crippen LogP contribution in [0.3, 0.4) is 0 Å². The molecule has 0 saturated heterocycles. The molecule has 0 bridgehead atoms. The van der Waals surface area contributed by atoms with Crippen LogP contribution in [0.25, 0.3) is 0 Å². The molecule has 0 radical (unpaired) electrons. The fourth-order valence-electron chi connectivity index (χ4n) is 1.53. The molecule has 1 unspecified atom stereocenters. The van der Waals surface area contributed by atoms with Gasteiger partial charge in [-0.15, -0.1) is 0 Å². The molecular weight excluding hydrogens is 254 g/mol. The number of aliphatic hydroxyl groups excluding tert-OH is 1. The van der Waals surface area contributed by atoms with E-state index in [1.165, 1.54) is 25.5 Å². The van der Waals surface area contributed by atoms with E-state index >= 15 is 0 Å². The van der Waals surface area contributed by atoms with Gasteiger partial charge in [-0.1, -0.05) is 12.1 Å². The topological polar surface area (TPSA) is 66.8 Å². The van der Waals surface area contributed by atoms with Crippen LogP contribution < -0.4 is 0 Å². The Labute approximate surface area is 108 Å². The maximum absolute atomic E-state index is 11.8. The Morgan fingerprint density at radius 1 is 1.28 bits per heavy atom. The molecular formula is C12H19NO4S. The fraction of sp³-hybridized carbons (Fsp3) is 0.500. The SMILES string of the molecule is COCC(O)Cc1ccc(S(=O)(=O)N(C)C)cc1. The number of sulfonamides is 1. The van der Waals surface area contributed by atoms with Crippen molar-refractivity contribution in [2.45, 2.75) is 17.4 Å². The summed E-state index contributed by atoms with van der Waals surface area (Å²) in [5.74, 6) is 0. The van der Waals surface area contributed by atoms with Gasteiger partial charge in [-0.05, 0) is 17.7 Å². The van der Waals surface area contributed by atoms with Crippen LogP contribution in [-0.4, -0.2) is 51.7 Å². The lowest BCUT2D eigenvalue weighted by molar-refractivity contribution is 0.0650. The van der Waals surface area contributed by atoms with Crippen LogP contribution in [0.1, 0.15) is 5.56 Å². The van der Waals surface area contributed by atoms with Crippen LogP contribution in [0.5, 0.6) is 0 Å². The van der Waals surface area contributed by atoms with E-state index in [0.717, 1.165) is 5.56 Å². The van der Waals surface area contributed by atoms with E-state index in [1.54, 1.807) is 24.3 Å². The average Bonchev–Trinajstić information content (AvgIpc) is 2.29. The van der Waals surface area contributed by atoms with Gasteiger partial charge in [-0.2, -0.15) is 0 Å². The first-order chi connectivity index (χ1) is 8.37. The molecule has 1 N–H and O–H groups in total. The second kappa shape index (κ2) is 6.29. The monoisotopic (exact) mass is 273 g/mol. The summed E-state index contributed by atoms with van der Waals surface area (Å²) in [6.07, 6.45) is -0.137. The standard InChI is InChI=1S/C12H19NO4S/c1-13(2)18(15,16)12-6-4-10(5-7-12)8-11(14)9-17-3/h4-7,11,14H,8-9H2,1-3H3. The average molecular weight is 273 g/mol. The highest BCUT2D eigenvalue weighted by Gasteiger charge is 2.16. The predicted octanol–water partition coefficient (Wildman–Crippen LogP) is 0.487. The van der Waals surface area contributed by atoms with Crippen LogP contribution in [0.4, 0.5) is 0 Å². The normalized spacial score (nSPS) is 13.8. The highest BCUT2D eigenvalue weighted by molar-refractivity contribution is 7.89. The minimum atomic E-state index is -3.39. The zero-order valence-electron chi connectivity index (χ0n) is 10.8. The van der Waals surface area contributed by atoms with Crippen LogP contribution in [0.2, 0.25) is 0 Å². The molecule has 5 nitrogen and oxygen atoms in total. The Balaban J connectivity index is 2.81. The molecule has 0 heterocycles. The summed E-state index contributed by atoms with van der Waals surface area (Å²) in [6.45, 7) is 0.262. The Bertz CT molecular complexity index is 467. The Morgan fingerprint density at radius 3 is 2.28 bits per heavy atom. The van der Waals surface area contributed by atoms with Crippen molar-refractivity contribution in [1.82, 2.24) is 4.31 Å².